The van der Waals surface area contributed by atoms with E-state index in [1.165, 1.54) is 6.42 Å². The minimum atomic E-state index is 0.219. The Morgan fingerprint density at radius 3 is 1.86 bits per heavy atom. The maximum atomic E-state index is 10.9. The molecule has 1 heteroatoms. The molecule has 84 valence electrons. The van der Waals surface area contributed by atoms with E-state index in [1.807, 2.05) is 27.7 Å². The van der Waals surface area contributed by atoms with Crippen molar-refractivity contribution in [2.45, 2.75) is 54.4 Å². The molecule has 0 aromatic carbocycles. The Kier molecular flexibility index (Phi) is 11.9. The molecule has 2 unspecified atom stereocenters. The first kappa shape index (κ1) is 15.9. The molecule has 0 aromatic heterocycles. The summed E-state index contributed by atoms with van der Waals surface area (Å²) in [5.74, 6) is 1.20. The molecule has 0 amide bonds. The second-order valence-electron chi connectivity index (χ2n) is 3.16. The maximum Gasteiger partial charge on any atom is 0.136 e. The fourth-order valence-electron chi connectivity index (χ4n) is 1.30. The van der Waals surface area contributed by atoms with Crippen LogP contribution in [0, 0.1) is 11.8 Å². The van der Waals surface area contributed by atoms with Gasteiger partial charge in [-0.3, -0.25) is 4.79 Å². The molecule has 0 bridgehead atoms. The number of hydrogen-bond donors (Lipinski definition) is 0. The monoisotopic (exact) mass is 198 g/mol. The Morgan fingerprint density at radius 2 is 1.57 bits per heavy atom. The summed E-state index contributed by atoms with van der Waals surface area (Å²) in [5.41, 5.74) is 0. The van der Waals surface area contributed by atoms with Crippen molar-refractivity contribution in [3.63, 3.8) is 0 Å². The van der Waals surface area contributed by atoms with Gasteiger partial charge in [0.25, 0.3) is 0 Å². The second kappa shape index (κ2) is 10.5. The Labute approximate surface area is 89.6 Å². The van der Waals surface area contributed by atoms with E-state index in [0.29, 0.717) is 11.7 Å². The van der Waals surface area contributed by atoms with E-state index in [-0.39, 0.29) is 5.92 Å². The van der Waals surface area contributed by atoms with E-state index in [1.54, 1.807) is 6.92 Å². The summed E-state index contributed by atoms with van der Waals surface area (Å²) in [7, 11) is 0. The minimum Gasteiger partial charge on any atom is -0.299 e. The minimum absolute atomic E-state index is 0.219. The normalized spacial score (nSPS) is 23.9. The van der Waals surface area contributed by atoms with Crippen molar-refractivity contribution < 1.29 is 4.79 Å². The average Bonchev–Trinajstić information content (AvgIpc) is 2.24. The molecule has 0 radical (unpaired) electrons. The van der Waals surface area contributed by atoms with E-state index in [0.717, 1.165) is 6.42 Å². The van der Waals surface area contributed by atoms with Crippen molar-refractivity contribution >= 4 is 5.78 Å². The largest absolute Gasteiger partial charge is 0.299 e. The summed E-state index contributed by atoms with van der Waals surface area (Å²) in [6, 6.07) is 0. The second-order valence-corrected chi connectivity index (χ2v) is 3.16. The summed E-state index contributed by atoms with van der Waals surface area (Å²) in [4.78, 5) is 10.9. The van der Waals surface area contributed by atoms with Gasteiger partial charge in [-0.15, -0.1) is 0 Å². The molecule has 0 saturated heterocycles. The van der Waals surface area contributed by atoms with Crippen LogP contribution in [0.25, 0.3) is 0 Å². The van der Waals surface area contributed by atoms with Crippen molar-refractivity contribution in [3.8, 4) is 0 Å². The molecule has 0 fully saturated rings. The molecule has 1 nitrogen and oxygen atoms in total. The SMILES string of the molecule is CC.CC.CC(=O)C1C=CC(C)CC1. The fourth-order valence-corrected chi connectivity index (χ4v) is 1.30. The van der Waals surface area contributed by atoms with Crippen LogP contribution in [0.4, 0.5) is 0 Å². The lowest BCUT2D eigenvalue weighted by atomic mass is 9.88. The molecule has 1 aliphatic carbocycles. The number of ketones is 1. The number of carbonyl (C=O) groups is 1. The zero-order valence-corrected chi connectivity index (χ0v) is 10.6. The molecule has 14 heavy (non-hydrogen) atoms. The van der Waals surface area contributed by atoms with Crippen LogP contribution in [0.2, 0.25) is 0 Å². The third-order valence-electron chi connectivity index (χ3n) is 2.13. The maximum absolute atomic E-state index is 10.9. The lowest BCUT2D eigenvalue weighted by Crippen LogP contribution is -2.13. The van der Waals surface area contributed by atoms with Gasteiger partial charge in [0.1, 0.15) is 5.78 Å². The standard InChI is InChI=1S/C9H14O.2C2H6/c1-7-3-5-9(6-4-7)8(2)10;2*1-2/h3,5,7,9H,4,6H2,1-2H3;2*1-2H3. The first-order valence-corrected chi connectivity index (χ1v) is 5.89. The van der Waals surface area contributed by atoms with E-state index in [9.17, 15) is 4.79 Å². The smallest absolute Gasteiger partial charge is 0.136 e. The van der Waals surface area contributed by atoms with Gasteiger partial charge in [-0.25, -0.2) is 0 Å². The summed E-state index contributed by atoms with van der Waals surface area (Å²) in [6.45, 7) is 11.9. The molecule has 0 heterocycles. The molecule has 0 aromatic rings. The molecule has 0 aliphatic heterocycles. The highest BCUT2D eigenvalue weighted by Crippen LogP contribution is 2.21. The van der Waals surface area contributed by atoms with Crippen molar-refractivity contribution in [2.24, 2.45) is 11.8 Å². The zero-order chi connectivity index (χ0) is 11.6. The molecule has 0 N–H and O–H groups in total. The molecule has 1 rings (SSSR count). The van der Waals surface area contributed by atoms with Gasteiger partial charge in [0, 0.05) is 5.92 Å². The van der Waals surface area contributed by atoms with Gasteiger partial charge in [-0.05, 0) is 25.7 Å². The van der Waals surface area contributed by atoms with Crippen LogP contribution >= 0.6 is 0 Å². The Balaban J connectivity index is 0. The number of carbonyl (C=O) groups excluding carboxylic acids is 1. The van der Waals surface area contributed by atoms with Crippen LogP contribution in [-0.4, -0.2) is 5.78 Å². The van der Waals surface area contributed by atoms with Gasteiger partial charge in [-0.2, -0.15) is 0 Å². The number of allylic oxidation sites excluding steroid dienone is 2. The van der Waals surface area contributed by atoms with E-state index < -0.39 is 0 Å². The molecule has 0 spiro atoms. The van der Waals surface area contributed by atoms with Gasteiger partial charge < -0.3 is 0 Å². The summed E-state index contributed by atoms with van der Waals surface area (Å²) in [6.07, 6.45) is 6.42. The highest BCUT2D eigenvalue weighted by molar-refractivity contribution is 5.80. The Hall–Kier alpha value is -0.590. The zero-order valence-electron chi connectivity index (χ0n) is 10.6. The average molecular weight is 198 g/mol. The number of rotatable bonds is 1. The van der Waals surface area contributed by atoms with Crippen LogP contribution in [0.5, 0.6) is 0 Å². The lowest BCUT2D eigenvalue weighted by molar-refractivity contribution is -0.119. The van der Waals surface area contributed by atoms with Crippen LogP contribution in [0.15, 0.2) is 12.2 Å². The number of Topliss-reactive ketones (excluding diaryl/α,β-unsaturated/α-hetero) is 1. The van der Waals surface area contributed by atoms with E-state index in [4.69, 9.17) is 0 Å². The summed E-state index contributed by atoms with van der Waals surface area (Å²) >= 11 is 0. The quantitative estimate of drug-likeness (QED) is 0.576. The lowest BCUT2D eigenvalue weighted by Gasteiger charge is -2.17. The van der Waals surface area contributed by atoms with Gasteiger partial charge in [-0.1, -0.05) is 46.8 Å². The van der Waals surface area contributed by atoms with Crippen LogP contribution in [0.1, 0.15) is 54.4 Å². The van der Waals surface area contributed by atoms with Crippen molar-refractivity contribution in [1.82, 2.24) is 0 Å². The van der Waals surface area contributed by atoms with E-state index in [2.05, 4.69) is 19.1 Å². The predicted molar refractivity (Wildman–Crippen MR) is 64.4 cm³/mol. The first-order chi connectivity index (χ1) is 6.70. The predicted octanol–water partition coefficient (Wildman–Crippen LogP) is 4.23. The Bertz CT molecular complexity index is 159. The molecule has 0 saturated carbocycles. The summed E-state index contributed by atoms with van der Waals surface area (Å²) < 4.78 is 0. The highest BCUT2D eigenvalue weighted by Gasteiger charge is 2.15. The van der Waals surface area contributed by atoms with Gasteiger partial charge in [0.2, 0.25) is 0 Å². The molecular weight excluding hydrogens is 172 g/mol. The topological polar surface area (TPSA) is 17.1 Å². The molecular formula is C13H26O. The van der Waals surface area contributed by atoms with Crippen LogP contribution in [0.3, 0.4) is 0 Å². The highest BCUT2D eigenvalue weighted by atomic mass is 16.1. The van der Waals surface area contributed by atoms with Gasteiger partial charge in [0.15, 0.2) is 0 Å². The van der Waals surface area contributed by atoms with Crippen LogP contribution in [-0.2, 0) is 4.79 Å². The fraction of sp³-hybridized carbons (Fsp3) is 0.769. The van der Waals surface area contributed by atoms with Crippen LogP contribution < -0.4 is 0 Å². The third kappa shape index (κ3) is 6.88. The third-order valence-corrected chi connectivity index (χ3v) is 2.13. The van der Waals surface area contributed by atoms with Crippen molar-refractivity contribution in [3.05, 3.63) is 12.2 Å². The van der Waals surface area contributed by atoms with E-state index >= 15 is 0 Å². The number of hydrogen-bond acceptors (Lipinski definition) is 1. The first-order valence-electron chi connectivity index (χ1n) is 5.89. The van der Waals surface area contributed by atoms with Crippen molar-refractivity contribution in [2.75, 3.05) is 0 Å². The molecule has 1 aliphatic rings. The van der Waals surface area contributed by atoms with Gasteiger partial charge >= 0.3 is 0 Å². The van der Waals surface area contributed by atoms with Crippen molar-refractivity contribution in [1.29, 1.82) is 0 Å². The Morgan fingerprint density at radius 1 is 1.07 bits per heavy atom. The molecule has 2 atom stereocenters. The van der Waals surface area contributed by atoms with Gasteiger partial charge in [0.05, 0.1) is 0 Å². The summed E-state index contributed by atoms with van der Waals surface area (Å²) in [5, 5.41) is 0.